The van der Waals surface area contributed by atoms with Crippen molar-refractivity contribution in [3.63, 3.8) is 0 Å². The number of hydrogen-bond acceptors (Lipinski definition) is 2. The van der Waals surface area contributed by atoms with Gasteiger partial charge in [0.2, 0.25) is 0 Å². The van der Waals surface area contributed by atoms with Gasteiger partial charge in [0, 0.05) is 0 Å². The summed E-state index contributed by atoms with van der Waals surface area (Å²) in [6, 6.07) is 0. The van der Waals surface area contributed by atoms with Crippen LogP contribution in [0.3, 0.4) is 0 Å². The maximum absolute atomic E-state index is 0. The molecule has 0 bridgehead atoms. The third-order valence-corrected chi connectivity index (χ3v) is 0. The van der Waals surface area contributed by atoms with Gasteiger partial charge in [-0.15, -0.1) is 0 Å². The van der Waals surface area contributed by atoms with E-state index in [9.17, 15) is 0 Å². The Bertz CT molecular complexity index is 9.61. The van der Waals surface area contributed by atoms with Crippen molar-refractivity contribution in [2.75, 3.05) is 0 Å². The van der Waals surface area contributed by atoms with Crippen LogP contribution in [0.15, 0.2) is 0 Å². The molecule has 0 rings (SSSR count). The van der Waals surface area contributed by atoms with Crippen molar-refractivity contribution in [1.82, 2.24) is 0 Å². The van der Waals surface area contributed by atoms with E-state index < -0.39 is 0 Å². The van der Waals surface area contributed by atoms with E-state index in [4.69, 9.17) is 0 Å². The second-order valence-corrected chi connectivity index (χ2v) is 0. The van der Waals surface area contributed by atoms with Gasteiger partial charge in [0.1, 0.15) is 0 Å². The topological polar surface area (TPSA) is 60.0 Å². The van der Waals surface area contributed by atoms with Crippen LogP contribution >= 0.6 is 0 Å². The Hall–Kier alpha value is 1.84. The molecule has 0 aromatic carbocycles. The molecule has 5 heavy (non-hydrogen) atoms. The van der Waals surface area contributed by atoms with Gasteiger partial charge in [-0.05, 0) is 0 Å². The zero-order valence-electron chi connectivity index (χ0n) is 1.60. The van der Waals surface area contributed by atoms with Crippen molar-refractivity contribution in [3.8, 4) is 0 Å². The average Bonchev–Trinajstić information content (AvgIpc) is 0. The van der Waals surface area contributed by atoms with Gasteiger partial charge in [0.15, 0.2) is 17.4 Å². The van der Waals surface area contributed by atoms with Crippen molar-refractivity contribution in [1.29, 1.82) is 0 Å². The van der Waals surface area contributed by atoms with Gasteiger partial charge in [-0.2, -0.15) is 0 Å². The van der Waals surface area contributed by atoms with E-state index in [1.165, 1.54) is 0 Å². The van der Waals surface area contributed by atoms with Gasteiger partial charge in [-0.3, -0.25) is 0 Å². The van der Waals surface area contributed by atoms with Crippen LogP contribution in [0.2, 0.25) is 0 Å². The maximum Gasteiger partial charge on any atom is 2.00 e. The molecule has 0 atom stereocenters. The largest absolute Gasteiger partial charge is 2.00 e. The Kier molecular flexibility index (Phi) is 556. The van der Waals surface area contributed by atoms with Crippen LogP contribution < -0.4 is 0 Å². The Morgan fingerprint density at radius 3 is 0.800 bits per heavy atom. The fourth-order valence-electron chi connectivity index (χ4n) is 0. The number of rotatable bonds is 0. The Labute approximate surface area is 70.4 Å². The van der Waals surface area contributed by atoms with E-state index in [2.05, 4.69) is 0 Å². The van der Waals surface area contributed by atoms with E-state index in [0.717, 1.165) is 0 Å². The van der Waals surface area contributed by atoms with Crippen molar-refractivity contribution < 1.29 is 30.4 Å². The monoisotopic (exact) mass is 154 g/mol. The van der Waals surface area contributed by atoms with E-state index in [0.29, 0.717) is 0 Å². The Balaban J connectivity index is 0. The minimum Gasteiger partial charge on any atom is -0.870 e. The van der Waals surface area contributed by atoms with E-state index in [1.807, 2.05) is 0 Å². The first kappa shape index (κ1) is 68.8. The summed E-state index contributed by atoms with van der Waals surface area (Å²) in [4.78, 5) is 0. The third kappa shape index (κ3) is 25.4. The summed E-state index contributed by atoms with van der Waals surface area (Å²) in [6.45, 7) is 0. The van der Waals surface area contributed by atoms with Crippen LogP contribution in [0.1, 0.15) is 0 Å². The molecule has 0 amide bonds. The van der Waals surface area contributed by atoms with Crippen LogP contribution in [0, 0.1) is 0 Å². The van der Waals surface area contributed by atoms with E-state index in [-0.39, 0.29) is 70.8 Å². The predicted molar refractivity (Wildman–Crippen MR) is 22.4 cm³/mol. The molecule has 0 saturated carbocycles. The minimum absolute atomic E-state index is 0. The summed E-state index contributed by atoms with van der Waals surface area (Å²) >= 11 is 0. The molecule has 0 radical (unpaired) electrons. The van der Waals surface area contributed by atoms with Crippen LogP contribution in [0.5, 0.6) is 0 Å². The molecule has 0 fully saturated rings. The molecule has 0 saturated heterocycles. The van der Waals surface area contributed by atoms with E-state index in [1.54, 1.807) is 0 Å². The van der Waals surface area contributed by atoms with Crippen molar-refractivity contribution >= 4 is 40.4 Å². The van der Waals surface area contributed by atoms with Gasteiger partial charge in [0.05, 0.1) is 0 Å². The molecular weight excluding hydrogens is 149 g/mol. The van der Waals surface area contributed by atoms with Crippen LogP contribution in [-0.4, -0.2) is 51.4 Å². The van der Waals surface area contributed by atoms with Gasteiger partial charge >= 0.3 is 42.5 Å². The van der Waals surface area contributed by atoms with Crippen LogP contribution in [-0.2, 0) is 19.5 Å². The number of hydrogen-bond donors (Lipinski definition) is 0. The Morgan fingerprint density at radius 2 is 0.800 bits per heavy atom. The molecule has 26 valence electrons. The molecule has 2 N–H and O–H groups in total. The second kappa shape index (κ2) is 40.4. The molecule has 0 aliphatic heterocycles. The predicted octanol–water partition coefficient (Wildman–Crippen LogP) is -2.46. The summed E-state index contributed by atoms with van der Waals surface area (Å²) < 4.78 is 0. The SMILES string of the molecule is [AlH3].[MgH2].[OH-].[OH-].[Zn+2]. The fraction of sp³-hybridized carbons (Fsp3) is 0. The van der Waals surface area contributed by atoms with Gasteiger partial charge in [-0.25, -0.2) is 0 Å². The second-order valence-electron chi connectivity index (χ2n) is 0. The molecule has 0 unspecified atom stereocenters. The summed E-state index contributed by atoms with van der Waals surface area (Å²) in [7, 11) is 0. The first-order valence-corrected chi connectivity index (χ1v) is 0. The first-order chi connectivity index (χ1) is 0. The van der Waals surface area contributed by atoms with Crippen molar-refractivity contribution in [2.24, 2.45) is 0 Å². The summed E-state index contributed by atoms with van der Waals surface area (Å²) in [5, 5.41) is 0. The fourth-order valence-corrected chi connectivity index (χ4v) is 0. The van der Waals surface area contributed by atoms with Gasteiger partial charge in [0.25, 0.3) is 0 Å². The zero-order chi connectivity index (χ0) is 0. The summed E-state index contributed by atoms with van der Waals surface area (Å²) in [5.41, 5.74) is 0. The summed E-state index contributed by atoms with van der Waals surface area (Å²) in [5.74, 6) is 0. The minimum atomic E-state index is 0. The van der Waals surface area contributed by atoms with Crippen LogP contribution in [0.25, 0.3) is 0 Å². The van der Waals surface area contributed by atoms with Gasteiger partial charge < -0.3 is 11.0 Å². The maximum atomic E-state index is 0. The Morgan fingerprint density at radius 1 is 0.800 bits per heavy atom. The normalized spacial score (nSPS) is 0. The smallest absolute Gasteiger partial charge is 0.870 e. The molecule has 5 heteroatoms. The molecule has 0 heterocycles. The van der Waals surface area contributed by atoms with E-state index >= 15 is 0 Å². The standard InChI is InChI=1S/Al.Mg.2H2O.Zn.5H/h;;2*1H2;;;;;;/q;;;;+2;;;;;/p-2. The van der Waals surface area contributed by atoms with Crippen molar-refractivity contribution in [3.05, 3.63) is 0 Å². The zero-order valence-corrected chi connectivity index (χ0v) is 4.57. The molecule has 0 aliphatic carbocycles. The third-order valence-electron chi connectivity index (χ3n) is 0. The van der Waals surface area contributed by atoms with Gasteiger partial charge in [-0.1, -0.05) is 0 Å². The molecular formula is H7AlMgO2Zn. The average molecular weight is 156 g/mol. The molecule has 2 nitrogen and oxygen atoms in total. The first-order valence-electron chi connectivity index (χ1n) is 0. The summed E-state index contributed by atoms with van der Waals surface area (Å²) in [6.07, 6.45) is 0. The van der Waals surface area contributed by atoms with Crippen LogP contribution in [0.4, 0.5) is 0 Å². The molecule has 0 aromatic heterocycles. The molecule has 0 aliphatic rings. The molecule has 0 spiro atoms. The molecule has 0 aromatic rings. The van der Waals surface area contributed by atoms with Crippen molar-refractivity contribution in [2.45, 2.75) is 0 Å². The quantitative estimate of drug-likeness (QED) is 0.365.